The van der Waals surface area contributed by atoms with Gasteiger partial charge in [-0.2, -0.15) is 0 Å². The summed E-state index contributed by atoms with van der Waals surface area (Å²) in [5.74, 6) is 0.810. The lowest BCUT2D eigenvalue weighted by Crippen LogP contribution is -2.48. The highest BCUT2D eigenvalue weighted by molar-refractivity contribution is 7.11. The Kier molecular flexibility index (Phi) is 8.13. The molecule has 1 aliphatic heterocycles. The zero-order valence-corrected chi connectivity index (χ0v) is 18.2. The van der Waals surface area contributed by atoms with Gasteiger partial charge in [-0.3, -0.25) is 9.79 Å². The van der Waals surface area contributed by atoms with E-state index < -0.39 is 0 Å². The third-order valence-electron chi connectivity index (χ3n) is 5.38. The second-order valence-electron chi connectivity index (χ2n) is 7.56. The number of hydrogen-bond acceptors (Lipinski definition) is 5. The van der Waals surface area contributed by atoms with Crippen molar-refractivity contribution < 1.29 is 9.53 Å². The van der Waals surface area contributed by atoms with Gasteiger partial charge in [0.1, 0.15) is 0 Å². The zero-order valence-electron chi connectivity index (χ0n) is 17.3. The van der Waals surface area contributed by atoms with Crippen LogP contribution in [0.1, 0.15) is 61.5 Å². The molecule has 2 heterocycles. The molecule has 0 radical (unpaired) electrons. The molecule has 0 spiro atoms. The SMILES string of the molecule is CCNC(=NCCCc1nc2c(s1)CCCC2)N1CCCC(C(=O)OCC)C1. The number of carbonyl (C=O) groups excluding carboxylic acids is 1. The molecular formula is C21H34N4O2S. The van der Waals surface area contributed by atoms with Crippen LogP contribution in [-0.4, -0.2) is 54.6 Å². The summed E-state index contributed by atoms with van der Waals surface area (Å²) in [6, 6.07) is 0. The summed E-state index contributed by atoms with van der Waals surface area (Å²) in [5, 5.41) is 4.66. The summed E-state index contributed by atoms with van der Waals surface area (Å²) in [6.07, 6.45) is 8.89. The number of aryl methyl sites for hydroxylation is 3. The Balaban J connectivity index is 1.52. The van der Waals surface area contributed by atoms with E-state index in [0.717, 1.165) is 57.7 Å². The molecule has 28 heavy (non-hydrogen) atoms. The Labute approximate surface area is 172 Å². The van der Waals surface area contributed by atoms with Gasteiger partial charge in [0.2, 0.25) is 0 Å². The fourth-order valence-corrected chi connectivity index (χ4v) is 5.17. The Morgan fingerprint density at radius 2 is 2.18 bits per heavy atom. The molecular weight excluding hydrogens is 372 g/mol. The number of aromatic nitrogens is 1. The van der Waals surface area contributed by atoms with E-state index in [-0.39, 0.29) is 11.9 Å². The van der Waals surface area contributed by atoms with Crippen LogP contribution in [0.25, 0.3) is 0 Å². The van der Waals surface area contributed by atoms with Gasteiger partial charge in [-0.05, 0) is 58.8 Å². The molecule has 0 bridgehead atoms. The maximum absolute atomic E-state index is 12.1. The topological polar surface area (TPSA) is 66.8 Å². The highest BCUT2D eigenvalue weighted by atomic mass is 32.1. The van der Waals surface area contributed by atoms with Crippen molar-refractivity contribution in [1.29, 1.82) is 0 Å². The first-order valence-corrected chi connectivity index (χ1v) is 11.7. The third kappa shape index (κ3) is 5.69. The average Bonchev–Trinajstić information content (AvgIpc) is 3.13. The van der Waals surface area contributed by atoms with Gasteiger partial charge in [-0.15, -0.1) is 11.3 Å². The van der Waals surface area contributed by atoms with Crippen molar-refractivity contribution in [3.63, 3.8) is 0 Å². The molecule has 1 atom stereocenters. The maximum atomic E-state index is 12.1. The molecule has 1 fully saturated rings. The summed E-state index contributed by atoms with van der Waals surface area (Å²) in [6.45, 7) is 7.66. The van der Waals surface area contributed by atoms with Crippen molar-refractivity contribution in [3.8, 4) is 0 Å². The van der Waals surface area contributed by atoms with Crippen LogP contribution in [-0.2, 0) is 28.8 Å². The molecule has 0 amide bonds. The van der Waals surface area contributed by atoms with Crippen molar-refractivity contribution in [2.75, 3.05) is 32.8 Å². The van der Waals surface area contributed by atoms with E-state index in [2.05, 4.69) is 17.1 Å². The quantitative estimate of drug-likeness (QED) is 0.326. The molecule has 1 saturated heterocycles. The molecule has 3 rings (SSSR count). The largest absolute Gasteiger partial charge is 0.466 e. The van der Waals surface area contributed by atoms with Crippen LogP contribution < -0.4 is 5.32 Å². The highest BCUT2D eigenvalue weighted by Crippen LogP contribution is 2.27. The van der Waals surface area contributed by atoms with Gasteiger partial charge in [0.15, 0.2) is 5.96 Å². The van der Waals surface area contributed by atoms with Crippen LogP contribution in [0.5, 0.6) is 0 Å². The van der Waals surface area contributed by atoms with E-state index in [1.165, 1.54) is 34.8 Å². The minimum absolute atomic E-state index is 0.0424. The minimum Gasteiger partial charge on any atom is -0.466 e. The first kappa shape index (κ1) is 21.1. The number of nitrogens with zero attached hydrogens (tertiary/aromatic N) is 3. The fourth-order valence-electron chi connectivity index (χ4n) is 3.98. The Hall–Kier alpha value is -1.63. The lowest BCUT2D eigenvalue weighted by Gasteiger charge is -2.34. The number of ether oxygens (including phenoxy) is 1. The molecule has 1 aliphatic carbocycles. The van der Waals surface area contributed by atoms with Gasteiger partial charge in [-0.25, -0.2) is 4.98 Å². The van der Waals surface area contributed by atoms with Crippen molar-refractivity contribution in [1.82, 2.24) is 15.2 Å². The molecule has 0 saturated carbocycles. The third-order valence-corrected chi connectivity index (χ3v) is 6.59. The van der Waals surface area contributed by atoms with E-state index >= 15 is 0 Å². The number of likely N-dealkylation sites (tertiary alicyclic amines) is 1. The Morgan fingerprint density at radius 1 is 1.32 bits per heavy atom. The van der Waals surface area contributed by atoms with Gasteiger partial charge < -0.3 is 15.0 Å². The van der Waals surface area contributed by atoms with E-state index in [4.69, 9.17) is 14.7 Å². The zero-order chi connectivity index (χ0) is 19.8. The fraction of sp³-hybridized carbons (Fsp3) is 0.762. The standard InChI is InChI=1S/C21H34N4O2S/c1-3-22-21(25-14-8-9-16(15-25)20(26)27-4-2)23-13-7-12-19-24-17-10-5-6-11-18(17)28-19/h16H,3-15H2,1-2H3,(H,22,23). The van der Waals surface area contributed by atoms with Gasteiger partial charge >= 0.3 is 5.97 Å². The van der Waals surface area contributed by atoms with Crippen LogP contribution in [0.3, 0.4) is 0 Å². The lowest BCUT2D eigenvalue weighted by molar-refractivity contribution is -0.149. The number of rotatable bonds is 7. The van der Waals surface area contributed by atoms with Crippen molar-refractivity contribution in [2.45, 2.75) is 65.2 Å². The molecule has 0 aromatic carbocycles. The van der Waals surface area contributed by atoms with Crippen molar-refractivity contribution >= 4 is 23.3 Å². The summed E-state index contributed by atoms with van der Waals surface area (Å²) in [7, 11) is 0. The molecule has 7 heteroatoms. The number of piperidine rings is 1. The molecule has 1 aromatic rings. The average molecular weight is 407 g/mol. The van der Waals surface area contributed by atoms with E-state index in [1.807, 2.05) is 18.3 Å². The van der Waals surface area contributed by atoms with Gasteiger partial charge in [0.05, 0.1) is 23.2 Å². The predicted molar refractivity (Wildman–Crippen MR) is 114 cm³/mol. The van der Waals surface area contributed by atoms with Crippen LogP contribution in [0.4, 0.5) is 0 Å². The van der Waals surface area contributed by atoms with Gasteiger partial charge in [-0.1, -0.05) is 0 Å². The monoisotopic (exact) mass is 406 g/mol. The maximum Gasteiger partial charge on any atom is 0.310 e. The number of esters is 1. The summed E-state index contributed by atoms with van der Waals surface area (Å²) in [5.41, 5.74) is 1.35. The number of carbonyl (C=O) groups is 1. The van der Waals surface area contributed by atoms with E-state index in [0.29, 0.717) is 13.2 Å². The smallest absolute Gasteiger partial charge is 0.310 e. The summed E-state index contributed by atoms with van der Waals surface area (Å²) in [4.78, 5) is 25.5. The molecule has 156 valence electrons. The molecule has 2 aliphatic rings. The van der Waals surface area contributed by atoms with Crippen molar-refractivity contribution in [3.05, 3.63) is 15.6 Å². The van der Waals surface area contributed by atoms with Crippen LogP contribution in [0.15, 0.2) is 4.99 Å². The molecule has 1 N–H and O–H groups in total. The first-order chi connectivity index (χ1) is 13.7. The van der Waals surface area contributed by atoms with Gasteiger partial charge in [0, 0.05) is 37.5 Å². The highest BCUT2D eigenvalue weighted by Gasteiger charge is 2.28. The Bertz CT molecular complexity index is 650. The number of fused-ring (bicyclic) bond motifs is 1. The summed E-state index contributed by atoms with van der Waals surface area (Å²) >= 11 is 1.90. The number of hydrogen-bond donors (Lipinski definition) is 1. The molecule has 1 unspecified atom stereocenters. The molecule has 1 aromatic heterocycles. The molecule has 6 nitrogen and oxygen atoms in total. The number of aliphatic imine (C=N–C) groups is 1. The normalized spacial score (nSPS) is 20.0. The van der Waals surface area contributed by atoms with Crippen LogP contribution in [0.2, 0.25) is 0 Å². The van der Waals surface area contributed by atoms with E-state index in [9.17, 15) is 4.79 Å². The summed E-state index contributed by atoms with van der Waals surface area (Å²) < 4.78 is 5.22. The second-order valence-corrected chi connectivity index (χ2v) is 8.73. The van der Waals surface area contributed by atoms with Crippen LogP contribution in [0, 0.1) is 5.92 Å². The van der Waals surface area contributed by atoms with Gasteiger partial charge in [0.25, 0.3) is 0 Å². The minimum atomic E-state index is -0.0733. The number of thiazole rings is 1. The Morgan fingerprint density at radius 3 is 2.96 bits per heavy atom. The lowest BCUT2D eigenvalue weighted by atomic mass is 9.98. The first-order valence-electron chi connectivity index (χ1n) is 10.9. The second kappa shape index (κ2) is 10.8. The predicted octanol–water partition coefficient (Wildman–Crippen LogP) is 3.20. The number of nitrogens with one attached hydrogen (secondary N) is 1. The van der Waals surface area contributed by atoms with Crippen molar-refractivity contribution in [2.24, 2.45) is 10.9 Å². The van der Waals surface area contributed by atoms with Crippen LogP contribution >= 0.6 is 11.3 Å². The van der Waals surface area contributed by atoms with E-state index in [1.54, 1.807) is 0 Å². The number of guanidine groups is 1.